The predicted molar refractivity (Wildman–Crippen MR) is 72.3 cm³/mol. The molecule has 1 fully saturated rings. The van der Waals surface area contributed by atoms with Crippen LogP contribution in [0.2, 0.25) is 0 Å². The largest absolute Gasteiger partial charge is 0.466 e. The molecule has 3 nitrogen and oxygen atoms in total. The minimum absolute atomic E-state index is 0.548. The van der Waals surface area contributed by atoms with Crippen LogP contribution in [-0.2, 0) is 5.60 Å². The summed E-state index contributed by atoms with van der Waals surface area (Å²) in [6.45, 7) is 5.68. The topological polar surface area (TPSA) is 45.4 Å². The van der Waals surface area contributed by atoms with Gasteiger partial charge >= 0.3 is 0 Å². The van der Waals surface area contributed by atoms with E-state index in [0.717, 1.165) is 18.4 Å². The standard InChI is InChI=1S/C15H25NO2/c1-12-5-7-13(8-6-12)10-16-11-15(2,17)14-4-3-9-18-14/h3-4,9,12-13,16-17H,5-8,10-11H2,1-2H3. The third-order valence-electron chi connectivity index (χ3n) is 4.09. The SMILES string of the molecule is CC1CCC(CNCC(C)(O)c2ccco2)CC1. The average molecular weight is 251 g/mol. The maximum absolute atomic E-state index is 10.3. The van der Waals surface area contributed by atoms with Gasteiger partial charge in [-0.3, -0.25) is 0 Å². The minimum atomic E-state index is -0.911. The molecule has 0 radical (unpaired) electrons. The minimum Gasteiger partial charge on any atom is -0.466 e. The van der Waals surface area contributed by atoms with E-state index >= 15 is 0 Å². The number of nitrogens with one attached hydrogen (secondary N) is 1. The lowest BCUT2D eigenvalue weighted by atomic mass is 9.83. The van der Waals surface area contributed by atoms with E-state index in [2.05, 4.69) is 12.2 Å². The van der Waals surface area contributed by atoms with Crippen molar-refractivity contribution in [3.8, 4) is 0 Å². The molecule has 18 heavy (non-hydrogen) atoms. The van der Waals surface area contributed by atoms with Gasteiger partial charge in [-0.05, 0) is 50.3 Å². The molecule has 0 spiro atoms. The number of hydrogen-bond acceptors (Lipinski definition) is 3. The van der Waals surface area contributed by atoms with Crippen molar-refractivity contribution in [1.82, 2.24) is 5.32 Å². The Bertz CT molecular complexity index is 337. The van der Waals surface area contributed by atoms with E-state index in [9.17, 15) is 5.11 Å². The summed E-state index contributed by atoms with van der Waals surface area (Å²) >= 11 is 0. The zero-order valence-electron chi connectivity index (χ0n) is 11.5. The van der Waals surface area contributed by atoms with Gasteiger partial charge in [-0.1, -0.05) is 19.8 Å². The molecule has 2 rings (SSSR count). The van der Waals surface area contributed by atoms with E-state index in [1.54, 1.807) is 13.2 Å². The third kappa shape index (κ3) is 3.59. The normalized spacial score (nSPS) is 27.9. The molecule has 0 saturated heterocycles. The van der Waals surface area contributed by atoms with Crippen LogP contribution in [0.1, 0.15) is 45.3 Å². The Morgan fingerprint density at radius 3 is 2.72 bits per heavy atom. The fraction of sp³-hybridized carbons (Fsp3) is 0.733. The van der Waals surface area contributed by atoms with E-state index < -0.39 is 5.60 Å². The first-order chi connectivity index (χ1) is 8.58. The summed E-state index contributed by atoms with van der Waals surface area (Å²) in [5.41, 5.74) is -0.911. The smallest absolute Gasteiger partial charge is 0.136 e. The summed E-state index contributed by atoms with van der Waals surface area (Å²) in [5.74, 6) is 2.30. The monoisotopic (exact) mass is 251 g/mol. The van der Waals surface area contributed by atoms with Crippen molar-refractivity contribution in [3.63, 3.8) is 0 Å². The van der Waals surface area contributed by atoms with E-state index in [1.165, 1.54) is 25.7 Å². The van der Waals surface area contributed by atoms with Gasteiger partial charge in [0, 0.05) is 6.54 Å². The van der Waals surface area contributed by atoms with Gasteiger partial charge in [-0.25, -0.2) is 0 Å². The van der Waals surface area contributed by atoms with Crippen molar-refractivity contribution in [1.29, 1.82) is 0 Å². The lowest BCUT2D eigenvalue weighted by Crippen LogP contribution is -2.38. The highest BCUT2D eigenvalue weighted by molar-refractivity contribution is 5.08. The Hall–Kier alpha value is -0.800. The zero-order valence-corrected chi connectivity index (χ0v) is 11.5. The molecule has 1 aliphatic carbocycles. The van der Waals surface area contributed by atoms with Crippen LogP contribution in [0.25, 0.3) is 0 Å². The summed E-state index contributed by atoms with van der Waals surface area (Å²) < 4.78 is 5.26. The first-order valence-electron chi connectivity index (χ1n) is 7.05. The van der Waals surface area contributed by atoms with Crippen LogP contribution in [0.15, 0.2) is 22.8 Å². The molecular weight excluding hydrogens is 226 g/mol. The predicted octanol–water partition coefficient (Wildman–Crippen LogP) is 2.90. The first-order valence-corrected chi connectivity index (χ1v) is 7.05. The van der Waals surface area contributed by atoms with Crippen LogP contribution < -0.4 is 5.32 Å². The highest BCUT2D eigenvalue weighted by Crippen LogP contribution is 2.28. The number of rotatable bonds is 5. The highest BCUT2D eigenvalue weighted by Gasteiger charge is 2.26. The van der Waals surface area contributed by atoms with Gasteiger partial charge in [0.05, 0.1) is 6.26 Å². The first kappa shape index (κ1) is 13.6. The van der Waals surface area contributed by atoms with Crippen LogP contribution >= 0.6 is 0 Å². The van der Waals surface area contributed by atoms with Crippen molar-refractivity contribution in [2.75, 3.05) is 13.1 Å². The summed E-state index contributed by atoms with van der Waals surface area (Å²) in [6, 6.07) is 3.64. The lowest BCUT2D eigenvalue weighted by Gasteiger charge is -2.28. The molecule has 0 amide bonds. The van der Waals surface area contributed by atoms with E-state index in [1.807, 2.05) is 12.1 Å². The highest BCUT2D eigenvalue weighted by atomic mass is 16.4. The van der Waals surface area contributed by atoms with E-state index in [-0.39, 0.29) is 0 Å². The van der Waals surface area contributed by atoms with E-state index in [0.29, 0.717) is 12.3 Å². The second kappa shape index (κ2) is 5.89. The average Bonchev–Trinajstić information content (AvgIpc) is 2.86. The van der Waals surface area contributed by atoms with Crippen LogP contribution in [0.5, 0.6) is 0 Å². The van der Waals surface area contributed by atoms with Crippen molar-refractivity contribution in [3.05, 3.63) is 24.2 Å². The Morgan fingerprint density at radius 1 is 1.39 bits per heavy atom. The Balaban J connectivity index is 1.72. The quantitative estimate of drug-likeness (QED) is 0.846. The molecule has 0 bridgehead atoms. The molecular formula is C15H25NO2. The van der Waals surface area contributed by atoms with Crippen molar-refractivity contribution in [2.24, 2.45) is 11.8 Å². The molecule has 0 aliphatic heterocycles. The number of furan rings is 1. The Morgan fingerprint density at radius 2 is 2.11 bits per heavy atom. The molecule has 1 aromatic rings. The second-order valence-corrected chi connectivity index (χ2v) is 6.01. The van der Waals surface area contributed by atoms with Crippen LogP contribution in [0.3, 0.4) is 0 Å². The number of hydrogen-bond donors (Lipinski definition) is 2. The second-order valence-electron chi connectivity index (χ2n) is 6.01. The van der Waals surface area contributed by atoms with Crippen LogP contribution in [0.4, 0.5) is 0 Å². The van der Waals surface area contributed by atoms with Crippen LogP contribution in [0, 0.1) is 11.8 Å². The number of aliphatic hydroxyl groups is 1. The van der Waals surface area contributed by atoms with Gasteiger partial charge in [0.25, 0.3) is 0 Å². The van der Waals surface area contributed by atoms with Gasteiger partial charge in [-0.2, -0.15) is 0 Å². The molecule has 1 atom stereocenters. The molecule has 1 heterocycles. The van der Waals surface area contributed by atoms with E-state index in [4.69, 9.17) is 4.42 Å². The van der Waals surface area contributed by atoms with Gasteiger partial charge in [0.15, 0.2) is 0 Å². The third-order valence-corrected chi connectivity index (χ3v) is 4.09. The Kier molecular flexibility index (Phi) is 4.46. The summed E-state index contributed by atoms with van der Waals surface area (Å²) in [7, 11) is 0. The fourth-order valence-corrected chi connectivity index (χ4v) is 2.73. The van der Waals surface area contributed by atoms with Gasteiger partial charge in [-0.15, -0.1) is 0 Å². The van der Waals surface area contributed by atoms with Gasteiger partial charge < -0.3 is 14.8 Å². The van der Waals surface area contributed by atoms with Crippen LogP contribution in [-0.4, -0.2) is 18.2 Å². The van der Waals surface area contributed by atoms with Gasteiger partial charge in [0.1, 0.15) is 11.4 Å². The van der Waals surface area contributed by atoms with Crippen molar-refractivity contribution >= 4 is 0 Å². The molecule has 3 heteroatoms. The summed E-state index contributed by atoms with van der Waals surface area (Å²) in [5, 5.41) is 13.7. The molecule has 1 aromatic heterocycles. The molecule has 0 aromatic carbocycles. The summed E-state index contributed by atoms with van der Waals surface area (Å²) in [4.78, 5) is 0. The maximum atomic E-state index is 10.3. The van der Waals surface area contributed by atoms with Crippen molar-refractivity contribution < 1.29 is 9.52 Å². The molecule has 1 aliphatic rings. The zero-order chi connectivity index (χ0) is 13.0. The Labute approximate surface area is 110 Å². The maximum Gasteiger partial charge on any atom is 0.136 e. The lowest BCUT2D eigenvalue weighted by molar-refractivity contribution is 0.0329. The van der Waals surface area contributed by atoms with Crippen molar-refractivity contribution in [2.45, 2.75) is 45.1 Å². The molecule has 1 saturated carbocycles. The van der Waals surface area contributed by atoms with Gasteiger partial charge in [0.2, 0.25) is 0 Å². The molecule has 1 unspecified atom stereocenters. The fourth-order valence-electron chi connectivity index (χ4n) is 2.73. The molecule has 2 N–H and O–H groups in total. The molecule has 102 valence electrons. The summed E-state index contributed by atoms with van der Waals surface area (Å²) in [6.07, 6.45) is 6.93.